The van der Waals surface area contributed by atoms with Gasteiger partial charge in [-0.25, -0.2) is 29.9 Å². The predicted octanol–water partition coefficient (Wildman–Crippen LogP) is 10.6. The molecule has 282 valence electrons. The van der Waals surface area contributed by atoms with E-state index in [1.165, 1.54) is 0 Å². The van der Waals surface area contributed by atoms with Crippen molar-refractivity contribution >= 4 is 43.9 Å². The quantitative estimate of drug-likeness (QED) is 0.118. The van der Waals surface area contributed by atoms with E-state index in [1.54, 1.807) is 48.5 Å². The maximum absolute atomic E-state index is 14.4. The van der Waals surface area contributed by atoms with Gasteiger partial charge in [0.2, 0.25) is 10.9 Å². The molecule has 4 heterocycles. The van der Waals surface area contributed by atoms with Gasteiger partial charge in [0.1, 0.15) is 22.1 Å². The highest BCUT2D eigenvalue weighted by atomic mass is 16.3. The Morgan fingerprint density at radius 2 is 0.650 bits per heavy atom. The Hall–Kier alpha value is -8.50. The van der Waals surface area contributed by atoms with E-state index in [0.717, 1.165) is 22.3 Å². The van der Waals surface area contributed by atoms with Crippen LogP contribution in [0.5, 0.6) is 0 Å². The lowest BCUT2D eigenvalue weighted by molar-refractivity contribution is 0.649. The summed E-state index contributed by atoms with van der Waals surface area (Å²) >= 11 is 0. The van der Waals surface area contributed by atoms with E-state index in [9.17, 15) is 9.59 Å². The molecule has 0 atom stereocenters. The fourth-order valence-corrected chi connectivity index (χ4v) is 7.40. The first-order chi connectivity index (χ1) is 29.5. The smallest absolute Gasteiger partial charge is 0.204 e. The van der Waals surface area contributed by atoms with Crippen molar-refractivity contribution in [2.24, 2.45) is 0 Å². The molecule has 0 saturated carbocycles. The minimum atomic E-state index is -0.342. The first-order valence-corrected chi connectivity index (χ1v) is 19.2. The number of aromatic nitrogens is 6. The van der Waals surface area contributed by atoms with Crippen LogP contribution in [0.1, 0.15) is 0 Å². The van der Waals surface area contributed by atoms with E-state index in [0.29, 0.717) is 62.4 Å². The predicted molar refractivity (Wildman–Crippen MR) is 233 cm³/mol. The van der Waals surface area contributed by atoms with Crippen molar-refractivity contribution < 1.29 is 8.83 Å². The highest BCUT2D eigenvalue weighted by Crippen LogP contribution is 2.32. The number of rotatable bonds is 6. The van der Waals surface area contributed by atoms with Crippen LogP contribution in [-0.4, -0.2) is 29.9 Å². The lowest BCUT2D eigenvalue weighted by Crippen LogP contribution is -2.07. The molecular weight excluding hydrogens is 749 g/mol. The van der Waals surface area contributed by atoms with Gasteiger partial charge in [-0.2, -0.15) is 0 Å². The van der Waals surface area contributed by atoms with Gasteiger partial charge in [-0.15, -0.1) is 0 Å². The molecule has 0 amide bonds. The van der Waals surface area contributed by atoms with E-state index in [4.69, 9.17) is 38.7 Å². The van der Waals surface area contributed by atoms with Gasteiger partial charge in [0.15, 0.2) is 40.5 Å². The number of hydrogen-bond donors (Lipinski definition) is 0. The first-order valence-electron chi connectivity index (χ1n) is 19.2. The van der Waals surface area contributed by atoms with Gasteiger partial charge in [-0.05, 0) is 36.4 Å². The largest absolute Gasteiger partial charge is 0.456 e. The van der Waals surface area contributed by atoms with Crippen LogP contribution in [0.3, 0.4) is 0 Å². The number of fused-ring (bicyclic) bond motifs is 5. The van der Waals surface area contributed by atoms with Gasteiger partial charge in [-0.3, -0.25) is 9.59 Å². The van der Waals surface area contributed by atoms with Crippen LogP contribution in [0, 0.1) is 0 Å². The van der Waals surface area contributed by atoms with Gasteiger partial charge in [0.25, 0.3) is 0 Å². The third-order valence-electron chi connectivity index (χ3n) is 10.4. The molecule has 11 rings (SSSR count). The van der Waals surface area contributed by atoms with Crippen LogP contribution >= 0.6 is 0 Å². The van der Waals surface area contributed by atoms with Crippen molar-refractivity contribution in [1.29, 1.82) is 0 Å². The number of nitrogens with zero attached hydrogens (tertiary/aromatic N) is 6. The van der Waals surface area contributed by atoms with Crippen molar-refractivity contribution in [3.63, 3.8) is 0 Å². The van der Waals surface area contributed by atoms with Crippen molar-refractivity contribution in [2.75, 3.05) is 0 Å². The van der Waals surface area contributed by atoms with E-state index in [-0.39, 0.29) is 38.4 Å². The number of hydrogen-bond acceptors (Lipinski definition) is 10. The summed E-state index contributed by atoms with van der Waals surface area (Å²) in [6.45, 7) is 0. The van der Waals surface area contributed by atoms with Gasteiger partial charge in [-0.1, -0.05) is 133 Å². The summed E-state index contributed by atoms with van der Waals surface area (Å²) < 4.78 is 12.9. The Morgan fingerprint density at radius 1 is 0.300 bits per heavy atom. The molecule has 0 aliphatic heterocycles. The van der Waals surface area contributed by atoms with E-state index >= 15 is 0 Å². The molecular formula is C50H28N6O4. The molecule has 0 unspecified atom stereocenters. The van der Waals surface area contributed by atoms with Crippen LogP contribution < -0.4 is 10.9 Å². The van der Waals surface area contributed by atoms with Crippen molar-refractivity contribution in [3.8, 4) is 68.3 Å². The highest BCUT2D eigenvalue weighted by molar-refractivity contribution is 6.07. The summed E-state index contributed by atoms with van der Waals surface area (Å²) in [5.74, 6) is 2.85. The Labute approximate surface area is 340 Å². The molecule has 0 radical (unpaired) electrons. The molecule has 10 nitrogen and oxygen atoms in total. The standard InChI is InChI=1S/C50H28N6O4/c57-42-35-23-21-34(50-55-47(31-17-9-3-10-18-31)52-48(56-50)32-19-11-4-12-20-32)28-40(35)60-44-37(42)25-26-38-41(44)43(58)36-24-22-33(27-39(36)59-38)49-53-45(29-13-5-1-6-14-29)51-46(54-49)30-15-7-2-8-16-30/h1-28H. The Kier molecular flexibility index (Phi) is 8.19. The normalized spacial score (nSPS) is 11.5. The SMILES string of the molecule is O=c1c2ccc(-c3nc(-c4ccccc4)nc(-c4ccccc4)n3)cc2oc2c1ccc1oc3cc(-c4nc(-c5ccccc5)nc(-c5ccccc5)n4)ccc3c(=O)c12. The molecule has 0 spiro atoms. The summed E-state index contributed by atoms with van der Waals surface area (Å²) in [6, 6.07) is 52.5. The minimum absolute atomic E-state index is 0.130. The van der Waals surface area contributed by atoms with Crippen molar-refractivity contribution in [1.82, 2.24) is 29.9 Å². The topological polar surface area (TPSA) is 138 Å². The van der Waals surface area contributed by atoms with Crippen molar-refractivity contribution in [3.05, 3.63) is 190 Å². The van der Waals surface area contributed by atoms with Gasteiger partial charge in [0, 0.05) is 33.4 Å². The van der Waals surface area contributed by atoms with Crippen LogP contribution in [0.15, 0.2) is 188 Å². The third-order valence-corrected chi connectivity index (χ3v) is 10.4. The summed E-state index contributed by atoms with van der Waals surface area (Å²) in [5.41, 5.74) is 4.95. The monoisotopic (exact) mass is 776 g/mol. The molecule has 11 aromatic rings. The second-order valence-corrected chi connectivity index (χ2v) is 14.2. The number of benzene rings is 7. The fraction of sp³-hybridized carbons (Fsp3) is 0. The third kappa shape index (κ3) is 6.07. The zero-order chi connectivity index (χ0) is 40.2. The van der Waals surface area contributed by atoms with Crippen molar-refractivity contribution in [2.45, 2.75) is 0 Å². The minimum Gasteiger partial charge on any atom is -0.456 e. The molecule has 0 bridgehead atoms. The second kappa shape index (κ2) is 14.2. The molecule has 0 aliphatic carbocycles. The summed E-state index contributed by atoms with van der Waals surface area (Å²) in [7, 11) is 0. The van der Waals surface area contributed by atoms with Gasteiger partial charge in [0.05, 0.1) is 16.2 Å². The molecule has 0 fully saturated rings. The molecule has 7 aromatic carbocycles. The summed E-state index contributed by atoms with van der Waals surface area (Å²) in [4.78, 5) is 57.4. The second-order valence-electron chi connectivity index (χ2n) is 14.2. The van der Waals surface area contributed by atoms with Gasteiger partial charge < -0.3 is 8.83 Å². The molecule has 4 aromatic heterocycles. The Bertz CT molecular complexity index is 3460. The Morgan fingerprint density at radius 3 is 1.07 bits per heavy atom. The van der Waals surface area contributed by atoms with Crippen LogP contribution in [0.4, 0.5) is 0 Å². The van der Waals surface area contributed by atoms with Crippen LogP contribution in [0.25, 0.3) is 112 Å². The van der Waals surface area contributed by atoms with E-state index in [1.807, 2.05) is 121 Å². The maximum atomic E-state index is 14.4. The lowest BCUT2D eigenvalue weighted by Gasteiger charge is -2.10. The first kappa shape index (κ1) is 34.7. The maximum Gasteiger partial charge on any atom is 0.204 e. The highest BCUT2D eigenvalue weighted by Gasteiger charge is 2.20. The average molecular weight is 777 g/mol. The molecule has 60 heavy (non-hydrogen) atoms. The lowest BCUT2D eigenvalue weighted by atomic mass is 10.0. The van der Waals surface area contributed by atoms with Gasteiger partial charge >= 0.3 is 0 Å². The summed E-state index contributed by atoms with van der Waals surface area (Å²) in [5, 5.41) is 1.08. The fourth-order valence-electron chi connectivity index (χ4n) is 7.40. The van der Waals surface area contributed by atoms with Crippen LogP contribution in [-0.2, 0) is 0 Å². The molecule has 0 aliphatic rings. The zero-order valence-electron chi connectivity index (χ0n) is 31.5. The van der Waals surface area contributed by atoms with E-state index < -0.39 is 0 Å². The van der Waals surface area contributed by atoms with Crippen LogP contribution in [0.2, 0.25) is 0 Å². The Balaban J connectivity index is 1.05. The molecule has 10 heteroatoms. The summed E-state index contributed by atoms with van der Waals surface area (Å²) in [6.07, 6.45) is 0. The zero-order valence-corrected chi connectivity index (χ0v) is 31.5. The van der Waals surface area contributed by atoms with E-state index in [2.05, 4.69) is 0 Å². The average Bonchev–Trinajstić information content (AvgIpc) is 3.32. The molecule has 0 saturated heterocycles. The molecule has 0 N–H and O–H groups in total.